The van der Waals surface area contributed by atoms with Crippen molar-refractivity contribution < 1.29 is 18.9 Å². The molecule has 1 aliphatic heterocycles. The standard InChI is InChI=1S/C21H23N3O4/c1-13-9-16(23-28-13)11-24-12-18(19(25)20(26)22-15-7-8-15)17(21(24)27)10-14-5-3-2-4-6-14/h2-6,9,15,17-18H,7-8,10-12H2,1H3,(H,22,26)/t17-,18+/m1/s1. The van der Waals surface area contributed by atoms with E-state index in [-0.39, 0.29) is 25.0 Å². The lowest BCUT2D eigenvalue weighted by Crippen LogP contribution is -2.39. The first-order valence-electron chi connectivity index (χ1n) is 9.61. The number of nitrogens with one attached hydrogen (secondary N) is 1. The molecule has 2 atom stereocenters. The molecule has 7 nitrogen and oxygen atoms in total. The largest absolute Gasteiger partial charge is 0.361 e. The zero-order chi connectivity index (χ0) is 19.7. The second-order valence-electron chi connectivity index (χ2n) is 7.66. The van der Waals surface area contributed by atoms with Crippen LogP contribution in [0, 0.1) is 18.8 Å². The minimum Gasteiger partial charge on any atom is -0.361 e. The number of likely N-dealkylation sites (tertiary alicyclic amines) is 1. The zero-order valence-electron chi connectivity index (χ0n) is 15.8. The molecule has 1 N–H and O–H groups in total. The van der Waals surface area contributed by atoms with Crippen LogP contribution in [0.2, 0.25) is 0 Å². The van der Waals surface area contributed by atoms with Gasteiger partial charge in [-0.1, -0.05) is 35.5 Å². The van der Waals surface area contributed by atoms with Crippen molar-refractivity contribution in [1.82, 2.24) is 15.4 Å². The Morgan fingerprint density at radius 2 is 2.00 bits per heavy atom. The van der Waals surface area contributed by atoms with Crippen molar-refractivity contribution in [3.8, 4) is 0 Å². The summed E-state index contributed by atoms with van der Waals surface area (Å²) < 4.78 is 5.08. The molecule has 1 saturated heterocycles. The molecular formula is C21H23N3O4. The van der Waals surface area contributed by atoms with Gasteiger partial charge in [-0.25, -0.2) is 0 Å². The Labute approximate surface area is 163 Å². The van der Waals surface area contributed by atoms with Crippen LogP contribution >= 0.6 is 0 Å². The van der Waals surface area contributed by atoms with E-state index < -0.39 is 23.5 Å². The van der Waals surface area contributed by atoms with Gasteiger partial charge in [-0.3, -0.25) is 14.4 Å². The van der Waals surface area contributed by atoms with Gasteiger partial charge in [0.15, 0.2) is 0 Å². The van der Waals surface area contributed by atoms with Gasteiger partial charge in [0.25, 0.3) is 5.91 Å². The molecule has 28 heavy (non-hydrogen) atoms. The van der Waals surface area contributed by atoms with Crippen molar-refractivity contribution in [3.63, 3.8) is 0 Å². The summed E-state index contributed by atoms with van der Waals surface area (Å²) >= 11 is 0. The molecule has 2 aliphatic rings. The SMILES string of the molecule is Cc1cc(CN2C[C@H](C(=O)C(=O)NC3CC3)[C@@H](Cc3ccccc3)C2=O)no1. The number of nitrogens with zero attached hydrogens (tertiary/aromatic N) is 2. The van der Waals surface area contributed by atoms with E-state index in [2.05, 4.69) is 10.5 Å². The van der Waals surface area contributed by atoms with E-state index in [1.54, 1.807) is 17.9 Å². The highest BCUT2D eigenvalue weighted by atomic mass is 16.5. The third kappa shape index (κ3) is 3.98. The summed E-state index contributed by atoms with van der Waals surface area (Å²) in [6, 6.07) is 11.5. The van der Waals surface area contributed by atoms with Gasteiger partial charge in [0.2, 0.25) is 11.7 Å². The fourth-order valence-electron chi connectivity index (χ4n) is 3.71. The quantitative estimate of drug-likeness (QED) is 0.736. The van der Waals surface area contributed by atoms with E-state index in [9.17, 15) is 14.4 Å². The van der Waals surface area contributed by atoms with Crippen molar-refractivity contribution in [2.24, 2.45) is 11.8 Å². The summed E-state index contributed by atoms with van der Waals surface area (Å²) in [5.74, 6) is -1.73. The fraction of sp³-hybridized carbons (Fsp3) is 0.429. The van der Waals surface area contributed by atoms with Gasteiger partial charge in [-0.05, 0) is 31.7 Å². The van der Waals surface area contributed by atoms with Gasteiger partial charge in [0.05, 0.1) is 18.4 Å². The van der Waals surface area contributed by atoms with Crippen LogP contribution in [0.4, 0.5) is 0 Å². The van der Waals surface area contributed by atoms with Crippen LogP contribution < -0.4 is 5.32 Å². The molecule has 1 aromatic heterocycles. The summed E-state index contributed by atoms with van der Waals surface area (Å²) in [6.45, 7) is 2.28. The maximum atomic E-state index is 13.1. The predicted octanol–water partition coefficient (Wildman–Crippen LogP) is 1.65. The van der Waals surface area contributed by atoms with Crippen LogP contribution in [-0.2, 0) is 27.3 Å². The Balaban J connectivity index is 1.53. The lowest BCUT2D eigenvalue weighted by atomic mass is 9.86. The summed E-state index contributed by atoms with van der Waals surface area (Å²) in [7, 11) is 0. The van der Waals surface area contributed by atoms with Crippen molar-refractivity contribution in [3.05, 3.63) is 53.4 Å². The van der Waals surface area contributed by atoms with E-state index >= 15 is 0 Å². The maximum Gasteiger partial charge on any atom is 0.287 e. The molecule has 1 aromatic carbocycles. The highest BCUT2D eigenvalue weighted by Crippen LogP contribution is 2.31. The molecule has 1 saturated carbocycles. The Bertz CT molecular complexity index is 888. The first kappa shape index (κ1) is 18.4. The molecule has 0 spiro atoms. The molecule has 1 aliphatic carbocycles. The molecular weight excluding hydrogens is 358 g/mol. The normalized spacial score (nSPS) is 21.8. The number of ketones is 1. The minimum absolute atomic E-state index is 0.107. The van der Waals surface area contributed by atoms with E-state index in [4.69, 9.17) is 4.52 Å². The number of amides is 2. The number of Topliss-reactive ketones (excluding diaryl/α,β-unsaturated/α-hetero) is 1. The van der Waals surface area contributed by atoms with Gasteiger partial charge >= 0.3 is 0 Å². The monoisotopic (exact) mass is 381 g/mol. The number of rotatable bonds is 7. The smallest absolute Gasteiger partial charge is 0.287 e. The number of hydrogen-bond donors (Lipinski definition) is 1. The Morgan fingerprint density at radius 1 is 1.25 bits per heavy atom. The molecule has 2 aromatic rings. The molecule has 0 bridgehead atoms. The average molecular weight is 381 g/mol. The van der Waals surface area contributed by atoms with E-state index in [0.717, 1.165) is 18.4 Å². The minimum atomic E-state index is -0.653. The van der Waals surface area contributed by atoms with Crippen molar-refractivity contribution in [1.29, 1.82) is 0 Å². The Morgan fingerprint density at radius 3 is 2.64 bits per heavy atom. The number of aryl methyl sites for hydroxylation is 1. The number of carbonyl (C=O) groups excluding carboxylic acids is 3. The lowest BCUT2D eigenvalue weighted by Gasteiger charge is -2.15. The van der Waals surface area contributed by atoms with Crippen LogP contribution in [0.3, 0.4) is 0 Å². The van der Waals surface area contributed by atoms with Crippen LogP contribution in [0.25, 0.3) is 0 Å². The first-order valence-corrected chi connectivity index (χ1v) is 9.61. The summed E-state index contributed by atoms with van der Waals surface area (Å²) in [5.41, 5.74) is 1.61. The number of hydrogen-bond acceptors (Lipinski definition) is 5. The highest BCUT2D eigenvalue weighted by molar-refractivity contribution is 6.37. The van der Waals surface area contributed by atoms with Crippen molar-refractivity contribution in [2.75, 3.05) is 6.54 Å². The fourth-order valence-corrected chi connectivity index (χ4v) is 3.71. The molecule has 2 amide bonds. The predicted molar refractivity (Wildman–Crippen MR) is 100.0 cm³/mol. The first-order chi connectivity index (χ1) is 13.5. The summed E-state index contributed by atoms with van der Waals surface area (Å²) in [6.07, 6.45) is 2.25. The van der Waals surface area contributed by atoms with Crippen LogP contribution in [-0.4, -0.2) is 40.2 Å². The molecule has 4 rings (SSSR count). The maximum absolute atomic E-state index is 13.1. The second-order valence-corrected chi connectivity index (χ2v) is 7.66. The molecule has 0 radical (unpaired) electrons. The van der Waals surface area contributed by atoms with Crippen LogP contribution in [0.1, 0.15) is 29.9 Å². The van der Waals surface area contributed by atoms with Gasteiger partial charge in [0.1, 0.15) is 11.5 Å². The molecule has 7 heteroatoms. The third-order valence-corrected chi connectivity index (χ3v) is 5.33. The van der Waals surface area contributed by atoms with E-state index in [1.165, 1.54) is 0 Å². The lowest BCUT2D eigenvalue weighted by molar-refractivity contribution is -0.141. The zero-order valence-corrected chi connectivity index (χ0v) is 15.8. The van der Waals surface area contributed by atoms with Crippen molar-refractivity contribution in [2.45, 2.75) is 38.8 Å². The van der Waals surface area contributed by atoms with Crippen LogP contribution in [0.5, 0.6) is 0 Å². The van der Waals surface area contributed by atoms with Gasteiger partial charge < -0.3 is 14.7 Å². The topological polar surface area (TPSA) is 92.5 Å². The Hall–Kier alpha value is -2.96. The van der Waals surface area contributed by atoms with E-state index in [1.807, 2.05) is 30.3 Å². The molecule has 2 heterocycles. The van der Waals surface area contributed by atoms with Gasteiger partial charge in [-0.2, -0.15) is 0 Å². The molecule has 146 valence electrons. The molecule has 2 fully saturated rings. The highest BCUT2D eigenvalue weighted by Gasteiger charge is 2.46. The van der Waals surface area contributed by atoms with Crippen LogP contribution in [0.15, 0.2) is 40.9 Å². The van der Waals surface area contributed by atoms with Gasteiger partial charge in [-0.15, -0.1) is 0 Å². The van der Waals surface area contributed by atoms with Crippen molar-refractivity contribution >= 4 is 17.6 Å². The second kappa shape index (κ2) is 7.58. The summed E-state index contributed by atoms with van der Waals surface area (Å²) in [4.78, 5) is 39.9. The molecule has 0 unspecified atom stereocenters. The van der Waals surface area contributed by atoms with E-state index in [0.29, 0.717) is 17.9 Å². The summed E-state index contributed by atoms with van der Waals surface area (Å²) in [5, 5.41) is 6.69. The third-order valence-electron chi connectivity index (χ3n) is 5.33. The Kier molecular flexibility index (Phi) is 4.98. The number of aromatic nitrogens is 1. The number of benzene rings is 1. The number of carbonyl (C=O) groups is 3. The van der Waals surface area contributed by atoms with Gasteiger partial charge in [0, 0.05) is 18.7 Å². The average Bonchev–Trinajstić information content (AvgIpc) is 3.34.